The predicted molar refractivity (Wildman–Crippen MR) is 137 cm³/mol. The van der Waals surface area contributed by atoms with Crippen LogP contribution in [-0.2, 0) is 4.79 Å². The number of fused-ring (bicyclic) bond motifs is 1. The molecule has 1 fully saturated rings. The van der Waals surface area contributed by atoms with Gasteiger partial charge in [0.15, 0.2) is 6.04 Å². The minimum atomic E-state index is 0.00219. The van der Waals surface area contributed by atoms with E-state index >= 15 is 0 Å². The van der Waals surface area contributed by atoms with Gasteiger partial charge in [-0.05, 0) is 57.6 Å². The summed E-state index contributed by atoms with van der Waals surface area (Å²) in [6.45, 7) is 12.7. The SMILES string of the molecule is Cc1sc2c(c1C)C(c1ccc(Cl)cc1)=[NH+]C(CC(=O)[NH2+]CCN1CCN(C)CC1)C(C)N2. The van der Waals surface area contributed by atoms with Gasteiger partial charge in [-0.25, -0.2) is 9.79 Å². The number of rotatable bonds is 6. The predicted octanol–water partition coefficient (Wildman–Crippen LogP) is 0.846. The summed E-state index contributed by atoms with van der Waals surface area (Å²) < 4.78 is 0. The number of carbonyl (C=O) groups is 1. The molecule has 2 aliphatic rings. The zero-order chi connectivity index (χ0) is 23.5. The van der Waals surface area contributed by atoms with Crippen molar-refractivity contribution in [2.75, 3.05) is 51.6 Å². The molecule has 3 heterocycles. The molecule has 1 aromatic heterocycles. The van der Waals surface area contributed by atoms with E-state index in [-0.39, 0.29) is 18.0 Å². The smallest absolute Gasteiger partial charge is 0.317 e. The number of thiophene rings is 1. The van der Waals surface area contributed by atoms with Gasteiger partial charge in [0.05, 0.1) is 18.2 Å². The summed E-state index contributed by atoms with van der Waals surface area (Å²) >= 11 is 7.94. The summed E-state index contributed by atoms with van der Waals surface area (Å²) in [6, 6.07) is 8.08. The van der Waals surface area contributed by atoms with E-state index in [4.69, 9.17) is 11.6 Å². The lowest BCUT2D eigenvalue weighted by molar-refractivity contribution is -0.575. The molecule has 0 aliphatic carbocycles. The molecule has 0 saturated carbocycles. The molecule has 0 radical (unpaired) electrons. The number of nitrogens with zero attached hydrogens (tertiary/aromatic N) is 2. The third kappa shape index (κ3) is 5.84. The quantitative estimate of drug-likeness (QED) is 0.563. The Kier molecular flexibility index (Phi) is 7.87. The lowest BCUT2D eigenvalue weighted by Crippen LogP contribution is -2.92. The van der Waals surface area contributed by atoms with Gasteiger partial charge in [0, 0.05) is 48.2 Å². The number of hydrogen-bond donors (Lipinski definition) is 3. The Labute approximate surface area is 206 Å². The zero-order valence-electron chi connectivity index (χ0n) is 20.1. The minimum Gasteiger partial charge on any atom is -0.367 e. The second kappa shape index (κ2) is 10.7. The highest BCUT2D eigenvalue weighted by Crippen LogP contribution is 2.35. The molecular weight excluding hydrogens is 454 g/mol. The number of quaternary nitrogens is 1. The lowest BCUT2D eigenvalue weighted by Gasteiger charge is -2.31. The number of nitrogens with two attached hydrogens (primary N) is 1. The van der Waals surface area contributed by atoms with Crippen LogP contribution >= 0.6 is 22.9 Å². The van der Waals surface area contributed by atoms with Gasteiger partial charge < -0.3 is 10.2 Å². The van der Waals surface area contributed by atoms with Crippen molar-refractivity contribution in [2.45, 2.75) is 39.3 Å². The Balaban J connectivity index is 1.48. The van der Waals surface area contributed by atoms with Gasteiger partial charge in [0.2, 0.25) is 5.71 Å². The highest BCUT2D eigenvalue weighted by molar-refractivity contribution is 7.16. The molecule has 2 aromatic rings. The number of benzene rings is 1. The van der Waals surface area contributed by atoms with Crippen molar-refractivity contribution in [2.24, 2.45) is 0 Å². The molecule has 33 heavy (non-hydrogen) atoms. The van der Waals surface area contributed by atoms with Gasteiger partial charge in [-0.2, -0.15) is 0 Å². The van der Waals surface area contributed by atoms with E-state index in [2.05, 4.69) is 60.1 Å². The van der Waals surface area contributed by atoms with Crippen LogP contribution in [0.3, 0.4) is 0 Å². The van der Waals surface area contributed by atoms with Gasteiger partial charge in [-0.1, -0.05) is 11.6 Å². The van der Waals surface area contributed by atoms with Crippen LogP contribution < -0.4 is 15.6 Å². The Hall–Kier alpha value is -1.77. The first kappa shape index (κ1) is 24.4. The number of nitrogens with one attached hydrogen (secondary N) is 2. The molecule has 4 N–H and O–H groups in total. The van der Waals surface area contributed by atoms with Gasteiger partial charge >= 0.3 is 5.91 Å². The van der Waals surface area contributed by atoms with E-state index in [0.29, 0.717) is 6.42 Å². The number of anilines is 1. The number of halogens is 1. The number of primary amides is 1. The molecule has 2 atom stereocenters. The molecular formula is C25H36ClN5OS+2. The zero-order valence-corrected chi connectivity index (χ0v) is 21.7. The molecule has 6 nitrogen and oxygen atoms in total. The number of likely N-dealkylation sites (N-methyl/N-ethyl adjacent to an activating group) is 1. The largest absolute Gasteiger partial charge is 0.367 e. The Morgan fingerprint density at radius 3 is 2.61 bits per heavy atom. The summed E-state index contributed by atoms with van der Waals surface area (Å²) in [6.07, 6.45) is 0.473. The van der Waals surface area contributed by atoms with Gasteiger partial charge in [-0.3, -0.25) is 10.2 Å². The van der Waals surface area contributed by atoms with Gasteiger partial charge in [0.25, 0.3) is 0 Å². The Bertz CT molecular complexity index is 1010. The van der Waals surface area contributed by atoms with Crippen LogP contribution in [0.4, 0.5) is 5.00 Å². The van der Waals surface area contributed by atoms with Crippen molar-refractivity contribution >= 4 is 39.6 Å². The Morgan fingerprint density at radius 1 is 1.21 bits per heavy atom. The molecule has 1 aromatic carbocycles. The van der Waals surface area contributed by atoms with E-state index in [1.54, 1.807) is 11.3 Å². The third-order valence-corrected chi connectivity index (χ3v) is 8.29. The number of hydrogen-bond acceptors (Lipinski definition) is 5. The number of carbonyl (C=O) groups excluding carboxylic acids is 1. The average molecular weight is 490 g/mol. The van der Waals surface area contributed by atoms with Gasteiger partial charge in [-0.15, -0.1) is 11.3 Å². The highest BCUT2D eigenvalue weighted by atomic mass is 35.5. The van der Waals surface area contributed by atoms with E-state index < -0.39 is 0 Å². The average Bonchev–Trinajstić information content (AvgIpc) is 2.98. The maximum atomic E-state index is 12.9. The van der Waals surface area contributed by atoms with E-state index in [1.165, 1.54) is 21.0 Å². The molecule has 2 aliphatic heterocycles. The van der Waals surface area contributed by atoms with E-state index in [0.717, 1.165) is 55.6 Å². The van der Waals surface area contributed by atoms with Crippen LogP contribution in [0.5, 0.6) is 0 Å². The standard InChI is InChI=1S/C25H34ClN5OS/c1-16-18(3)33-25-23(16)24(19-5-7-20(26)8-6-19)29-21(17(2)28-25)15-22(32)27-9-10-31-13-11-30(4)12-14-31/h5-8,17,21,28H,9-15H2,1-4H3,(H,27,32)/p+2. The van der Waals surface area contributed by atoms with Crippen LogP contribution in [0.25, 0.3) is 0 Å². The van der Waals surface area contributed by atoms with Crippen LogP contribution in [0.2, 0.25) is 5.02 Å². The number of amides is 1. The number of aryl methyl sites for hydroxylation is 1. The summed E-state index contributed by atoms with van der Waals surface area (Å²) in [4.78, 5) is 22.8. The van der Waals surface area contributed by atoms with Crippen molar-refractivity contribution in [1.82, 2.24) is 9.80 Å². The van der Waals surface area contributed by atoms with E-state index in [9.17, 15) is 4.79 Å². The van der Waals surface area contributed by atoms with Crippen molar-refractivity contribution in [1.29, 1.82) is 0 Å². The lowest BCUT2D eigenvalue weighted by atomic mass is 10.00. The van der Waals surface area contributed by atoms with E-state index in [1.807, 2.05) is 17.4 Å². The molecule has 1 amide bonds. The minimum absolute atomic E-state index is 0.00219. The van der Waals surface area contributed by atoms with Crippen LogP contribution in [0.15, 0.2) is 24.3 Å². The molecule has 0 spiro atoms. The van der Waals surface area contributed by atoms with Crippen LogP contribution in [0, 0.1) is 13.8 Å². The van der Waals surface area contributed by atoms with Crippen molar-refractivity contribution in [3.63, 3.8) is 0 Å². The van der Waals surface area contributed by atoms with Crippen molar-refractivity contribution < 1.29 is 15.1 Å². The fraction of sp³-hybridized carbons (Fsp3) is 0.520. The van der Waals surface area contributed by atoms with Crippen molar-refractivity contribution in [3.05, 3.63) is 50.9 Å². The molecule has 2 unspecified atom stereocenters. The van der Waals surface area contributed by atoms with Crippen LogP contribution in [-0.4, -0.2) is 79.8 Å². The van der Waals surface area contributed by atoms with Crippen molar-refractivity contribution in [3.8, 4) is 0 Å². The first-order valence-electron chi connectivity index (χ1n) is 11.8. The monoisotopic (exact) mass is 489 g/mol. The fourth-order valence-corrected chi connectivity index (χ4v) is 5.86. The fourth-order valence-electron chi connectivity index (χ4n) is 4.57. The van der Waals surface area contributed by atoms with Gasteiger partial charge in [0.1, 0.15) is 11.4 Å². The normalized spacial score (nSPS) is 21.8. The second-order valence-electron chi connectivity index (χ2n) is 9.36. The first-order chi connectivity index (χ1) is 15.8. The maximum Gasteiger partial charge on any atom is 0.317 e. The molecule has 8 heteroatoms. The summed E-state index contributed by atoms with van der Waals surface area (Å²) in [5.41, 5.74) is 4.66. The molecule has 4 rings (SSSR count). The summed E-state index contributed by atoms with van der Waals surface area (Å²) in [7, 11) is 2.17. The molecule has 178 valence electrons. The molecule has 0 bridgehead atoms. The second-order valence-corrected chi connectivity index (χ2v) is 11.0. The number of piperazine rings is 1. The maximum absolute atomic E-state index is 12.9. The summed E-state index contributed by atoms with van der Waals surface area (Å²) in [5, 5.41) is 7.48. The summed E-state index contributed by atoms with van der Waals surface area (Å²) in [5.74, 6) is 0.212. The Morgan fingerprint density at radius 2 is 1.91 bits per heavy atom. The first-order valence-corrected chi connectivity index (χ1v) is 13.0. The third-order valence-electron chi connectivity index (χ3n) is 6.89. The topological polar surface area (TPSA) is 66.2 Å². The highest BCUT2D eigenvalue weighted by Gasteiger charge is 2.35. The molecule has 1 saturated heterocycles. The van der Waals surface area contributed by atoms with Crippen LogP contribution in [0.1, 0.15) is 34.9 Å².